The second kappa shape index (κ2) is 7.49. The van der Waals surface area contributed by atoms with Gasteiger partial charge in [-0.3, -0.25) is 0 Å². The molecule has 0 unspecified atom stereocenters. The van der Waals surface area contributed by atoms with Crippen molar-refractivity contribution in [2.24, 2.45) is 0 Å². The molecule has 5 nitrogen and oxygen atoms in total. The lowest BCUT2D eigenvalue weighted by molar-refractivity contribution is -0.0411. The van der Waals surface area contributed by atoms with Crippen LogP contribution in [0.15, 0.2) is 42.7 Å². The van der Waals surface area contributed by atoms with E-state index in [0.717, 1.165) is 44.9 Å². The number of thiophene rings is 1. The Balaban J connectivity index is 1.37. The van der Waals surface area contributed by atoms with Gasteiger partial charge in [0.25, 0.3) is 0 Å². The number of nitrogens with one attached hydrogen (secondary N) is 1. The summed E-state index contributed by atoms with van der Waals surface area (Å²) >= 11 is 1.70. The molecule has 0 bridgehead atoms. The topological polar surface area (TPSA) is 59.9 Å². The molecule has 32 heavy (non-hydrogen) atoms. The van der Waals surface area contributed by atoms with Crippen LogP contribution in [0.1, 0.15) is 56.4 Å². The van der Waals surface area contributed by atoms with E-state index in [4.69, 9.17) is 9.72 Å². The minimum Gasteiger partial charge on any atom is -0.370 e. The van der Waals surface area contributed by atoms with Gasteiger partial charge in [0.1, 0.15) is 17.0 Å². The molecule has 0 saturated heterocycles. The summed E-state index contributed by atoms with van der Waals surface area (Å²) < 4.78 is 7.12. The third kappa shape index (κ3) is 3.37. The molecule has 1 saturated carbocycles. The van der Waals surface area contributed by atoms with Crippen molar-refractivity contribution in [2.45, 2.75) is 63.6 Å². The summed E-state index contributed by atoms with van der Waals surface area (Å²) in [5.74, 6) is 0.926. The molecule has 4 aromatic rings. The average molecular weight is 445 g/mol. The zero-order chi connectivity index (χ0) is 21.8. The summed E-state index contributed by atoms with van der Waals surface area (Å²) in [6, 6.07) is 13.2. The Morgan fingerprint density at radius 1 is 1.09 bits per heavy atom. The van der Waals surface area contributed by atoms with Crippen LogP contribution in [-0.2, 0) is 23.2 Å². The fourth-order valence-electron chi connectivity index (χ4n) is 5.38. The third-order valence-electron chi connectivity index (χ3n) is 7.17. The first-order chi connectivity index (χ1) is 15.5. The Bertz CT molecular complexity index is 1290. The lowest BCUT2D eigenvalue weighted by Crippen LogP contribution is -2.32. The normalized spacial score (nSPS) is 19.3. The number of anilines is 1. The maximum Gasteiger partial charge on any atom is 0.147 e. The summed E-state index contributed by atoms with van der Waals surface area (Å²) in [5.41, 5.74) is 4.76. The van der Waals surface area contributed by atoms with E-state index in [1.54, 1.807) is 17.7 Å². The Labute approximate surface area is 192 Å². The third-order valence-corrected chi connectivity index (χ3v) is 8.26. The number of hydrogen-bond donors (Lipinski definition) is 1. The molecule has 1 fully saturated rings. The van der Waals surface area contributed by atoms with Crippen molar-refractivity contribution in [3.05, 3.63) is 59.5 Å². The molecule has 2 aliphatic rings. The smallest absolute Gasteiger partial charge is 0.147 e. The zero-order valence-electron chi connectivity index (χ0n) is 18.6. The lowest BCUT2D eigenvalue weighted by atomic mass is 9.79. The monoisotopic (exact) mass is 444 g/mol. The van der Waals surface area contributed by atoms with Gasteiger partial charge in [-0.25, -0.2) is 15.0 Å². The fourth-order valence-corrected chi connectivity index (χ4v) is 6.47. The maximum absolute atomic E-state index is 6.02. The molecule has 3 aromatic heterocycles. The highest BCUT2D eigenvalue weighted by molar-refractivity contribution is 7.25. The van der Waals surface area contributed by atoms with Gasteiger partial charge in [-0.15, -0.1) is 11.3 Å². The molecule has 0 atom stereocenters. The van der Waals surface area contributed by atoms with Crippen LogP contribution in [0, 0.1) is 0 Å². The summed E-state index contributed by atoms with van der Waals surface area (Å²) in [7, 11) is 0. The minimum absolute atomic E-state index is 0.163. The van der Waals surface area contributed by atoms with Crippen molar-refractivity contribution >= 4 is 37.6 Å². The molecule has 164 valence electrons. The van der Waals surface area contributed by atoms with Crippen LogP contribution < -0.4 is 5.32 Å². The first-order valence-corrected chi connectivity index (χ1v) is 12.3. The average Bonchev–Trinajstić information content (AvgIpc) is 3.42. The van der Waals surface area contributed by atoms with Crippen molar-refractivity contribution in [3.8, 4) is 0 Å². The van der Waals surface area contributed by atoms with E-state index in [2.05, 4.69) is 65.5 Å². The predicted octanol–water partition coefficient (Wildman–Crippen LogP) is 6.01. The van der Waals surface area contributed by atoms with Crippen molar-refractivity contribution in [1.82, 2.24) is 15.0 Å². The van der Waals surface area contributed by atoms with Crippen LogP contribution >= 0.6 is 11.3 Å². The molecule has 0 radical (unpaired) electrons. The molecule has 0 amide bonds. The SMILES string of the molecule is CC1(C)Cc2nc3sc4c(NCC5(c6ccccc6)CCCC5)ncnc4c3cc2CO1. The number of pyridine rings is 1. The van der Waals surface area contributed by atoms with E-state index < -0.39 is 0 Å². The van der Waals surface area contributed by atoms with Crippen molar-refractivity contribution in [1.29, 1.82) is 0 Å². The highest BCUT2D eigenvalue weighted by atomic mass is 32.1. The zero-order valence-corrected chi connectivity index (χ0v) is 19.5. The summed E-state index contributed by atoms with van der Waals surface area (Å²) in [6.07, 6.45) is 7.52. The second-order valence-corrected chi connectivity index (χ2v) is 10.9. The molecule has 0 spiro atoms. The van der Waals surface area contributed by atoms with Gasteiger partial charge in [-0.2, -0.15) is 0 Å². The van der Waals surface area contributed by atoms with Gasteiger partial charge in [-0.05, 0) is 38.3 Å². The van der Waals surface area contributed by atoms with Crippen LogP contribution in [0.4, 0.5) is 5.82 Å². The van der Waals surface area contributed by atoms with E-state index in [-0.39, 0.29) is 11.0 Å². The van der Waals surface area contributed by atoms with E-state index >= 15 is 0 Å². The molecule has 1 aliphatic heterocycles. The number of benzene rings is 1. The fraction of sp³-hybridized carbons (Fsp3) is 0.423. The van der Waals surface area contributed by atoms with E-state index in [0.29, 0.717) is 6.61 Å². The largest absolute Gasteiger partial charge is 0.370 e. The molecule has 1 aliphatic carbocycles. The Hall–Kier alpha value is -2.57. The molecular formula is C26H28N4OS. The van der Waals surface area contributed by atoms with Crippen LogP contribution in [0.5, 0.6) is 0 Å². The van der Waals surface area contributed by atoms with Crippen LogP contribution in [0.2, 0.25) is 0 Å². The number of nitrogens with zero attached hydrogens (tertiary/aromatic N) is 3. The number of aromatic nitrogens is 3. The first kappa shape index (κ1) is 20.1. The van der Waals surface area contributed by atoms with Gasteiger partial charge in [0.15, 0.2) is 0 Å². The van der Waals surface area contributed by atoms with E-state index in [1.165, 1.54) is 36.8 Å². The van der Waals surface area contributed by atoms with Gasteiger partial charge < -0.3 is 10.1 Å². The van der Waals surface area contributed by atoms with Crippen molar-refractivity contribution < 1.29 is 4.74 Å². The standard InChI is InChI=1S/C26H28N4OS/c1-25(2)13-20-17(14-31-25)12-19-21-22(32-24(19)30-20)23(29-16-28-21)27-15-26(10-6-7-11-26)18-8-4-3-5-9-18/h3-5,8-9,12,16H,6-7,10-11,13-15H2,1-2H3,(H,27,28,29). The van der Waals surface area contributed by atoms with Crippen LogP contribution in [-0.4, -0.2) is 27.1 Å². The Morgan fingerprint density at radius 3 is 2.72 bits per heavy atom. The second-order valence-electron chi connectivity index (χ2n) is 9.88. The van der Waals surface area contributed by atoms with Gasteiger partial charge in [-0.1, -0.05) is 43.2 Å². The highest BCUT2D eigenvalue weighted by Gasteiger charge is 2.35. The van der Waals surface area contributed by atoms with Gasteiger partial charge >= 0.3 is 0 Å². The Kier molecular flexibility index (Phi) is 4.70. The number of fused-ring (bicyclic) bond motifs is 4. The summed E-state index contributed by atoms with van der Waals surface area (Å²) in [4.78, 5) is 15.4. The lowest BCUT2D eigenvalue weighted by Gasteiger charge is -2.30. The Morgan fingerprint density at radius 2 is 1.91 bits per heavy atom. The quantitative estimate of drug-likeness (QED) is 0.417. The van der Waals surface area contributed by atoms with Crippen LogP contribution in [0.25, 0.3) is 20.4 Å². The van der Waals surface area contributed by atoms with E-state index in [1.807, 2.05) is 0 Å². The minimum atomic E-state index is -0.163. The number of hydrogen-bond acceptors (Lipinski definition) is 6. The van der Waals surface area contributed by atoms with Gasteiger partial charge in [0.05, 0.1) is 28.1 Å². The number of ether oxygens (including phenoxy) is 1. The summed E-state index contributed by atoms with van der Waals surface area (Å²) in [5, 5.41) is 4.83. The van der Waals surface area contributed by atoms with Gasteiger partial charge in [0, 0.05) is 29.3 Å². The molecule has 6 heteroatoms. The van der Waals surface area contributed by atoms with Gasteiger partial charge in [0.2, 0.25) is 0 Å². The first-order valence-electron chi connectivity index (χ1n) is 11.5. The van der Waals surface area contributed by atoms with Crippen molar-refractivity contribution in [2.75, 3.05) is 11.9 Å². The van der Waals surface area contributed by atoms with Crippen molar-refractivity contribution in [3.63, 3.8) is 0 Å². The molecule has 4 heterocycles. The molecular weight excluding hydrogens is 416 g/mol. The maximum atomic E-state index is 6.02. The molecule has 1 N–H and O–H groups in total. The highest BCUT2D eigenvalue weighted by Crippen LogP contribution is 2.42. The molecule has 6 rings (SSSR count). The predicted molar refractivity (Wildman–Crippen MR) is 130 cm³/mol. The summed E-state index contributed by atoms with van der Waals surface area (Å²) in [6.45, 7) is 5.76. The van der Waals surface area contributed by atoms with E-state index in [9.17, 15) is 0 Å². The number of rotatable bonds is 4. The molecule has 1 aromatic carbocycles. The van der Waals surface area contributed by atoms with Crippen LogP contribution in [0.3, 0.4) is 0 Å².